The summed E-state index contributed by atoms with van der Waals surface area (Å²) in [7, 11) is 0. The molecule has 2 aromatic rings. The molecule has 0 amide bonds. The van der Waals surface area contributed by atoms with Crippen LogP contribution in [0.2, 0.25) is 0 Å². The number of hydrogen-bond acceptors (Lipinski definition) is 6. The van der Waals surface area contributed by atoms with Crippen molar-refractivity contribution in [2.45, 2.75) is 25.4 Å². The Hall–Kier alpha value is -1.24. The van der Waals surface area contributed by atoms with Crippen molar-refractivity contribution in [3.63, 3.8) is 0 Å². The third-order valence-corrected chi connectivity index (χ3v) is 3.98. The molecule has 3 rings (SSSR count). The van der Waals surface area contributed by atoms with Crippen LogP contribution in [0.15, 0.2) is 21.3 Å². The van der Waals surface area contributed by atoms with E-state index in [0.29, 0.717) is 18.3 Å². The van der Waals surface area contributed by atoms with Gasteiger partial charge in [-0.2, -0.15) is 16.3 Å². The van der Waals surface area contributed by atoms with E-state index in [9.17, 15) is 5.11 Å². The molecule has 0 aromatic carbocycles. The summed E-state index contributed by atoms with van der Waals surface area (Å²) in [4.78, 5) is 6.59. The van der Waals surface area contributed by atoms with Gasteiger partial charge in [0.1, 0.15) is 0 Å². The van der Waals surface area contributed by atoms with Crippen molar-refractivity contribution in [2.24, 2.45) is 0 Å². The Labute approximate surface area is 109 Å². The van der Waals surface area contributed by atoms with E-state index >= 15 is 0 Å². The Morgan fingerprint density at radius 2 is 2.50 bits per heavy atom. The third-order valence-electron chi connectivity index (χ3n) is 3.30. The summed E-state index contributed by atoms with van der Waals surface area (Å²) in [6, 6.07) is 2.22. The van der Waals surface area contributed by atoms with Gasteiger partial charge in [-0.05, 0) is 30.8 Å². The normalized spacial score (nSPS) is 20.6. The number of aromatic nitrogens is 2. The van der Waals surface area contributed by atoms with Crippen LogP contribution < -0.4 is 0 Å². The minimum Gasteiger partial charge on any atom is -0.395 e. The number of aliphatic hydroxyl groups excluding tert-OH is 1. The molecule has 1 atom stereocenters. The molecule has 1 fully saturated rings. The molecule has 1 N–H and O–H groups in total. The van der Waals surface area contributed by atoms with Crippen molar-refractivity contribution in [3.8, 4) is 11.4 Å². The van der Waals surface area contributed by atoms with Gasteiger partial charge in [0.2, 0.25) is 11.7 Å². The number of likely N-dealkylation sites (tertiary alicyclic amines) is 1. The summed E-state index contributed by atoms with van der Waals surface area (Å²) < 4.78 is 5.26. The smallest absolute Gasteiger partial charge is 0.241 e. The van der Waals surface area contributed by atoms with Crippen molar-refractivity contribution < 1.29 is 9.63 Å². The van der Waals surface area contributed by atoms with Gasteiger partial charge in [0.15, 0.2) is 0 Å². The van der Waals surface area contributed by atoms with Crippen molar-refractivity contribution in [1.29, 1.82) is 0 Å². The Balaban J connectivity index is 1.70. The molecular weight excluding hydrogens is 250 g/mol. The van der Waals surface area contributed by atoms with E-state index in [4.69, 9.17) is 4.52 Å². The third kappa shape index (κ3) is 2.31. The van der Waals surface area contributed by atoms with Crippen molar-refractivity contribution in [3.05, 3.63) is 22.7 Å². The standard InChI is InChI=1S/C12H15N3O2S/c16-7-10-2-1-4-15(10)6-11-13-12(14-17-11)9-3-5-18-8-9/h3,5,8,10,16H,1-2,4,6-7H2. The fraction of sp³-hybridized carbons (Fsp3) is 0.500. The Bertz CT molecular complexity index is 497. The minimum atomic E-state index is 0.200. The van der Waals surface area contributed by atoms with Crippen LogP contribution in [-0.2, 0) is 6.54 Å². The largest absolute Gasteiger partial charge is 0.395 e. The van der Waals surface area contributed by atoms with Gasteiger partial charge in [0, 0.05) is 17.0 Å². The molecule has 0 radical (unpaired) electrons. The van der Waals surface area contributed by atoms with E-state index in [-0.39, 0.29) is 12.6 Å². The lowest BCUT2D eigenvalue weighted by Gasteiger charge is -2.20. The van der Waals surface area contributed by atoms with Gasteiger partial charge in [-0.15, -0.1) is 0 Å². The van der Waals surface area contributed by atoms with Crippen LogP contribution in [-0.4, -0.2) is 39.3 Å². The summed E-state index contributed by atoms with van der Waals surface area (Å²) in [5.41, 5.74) is 0.995. The summed E-state index contributed by atoms with van der Waals surface area (Å²) >= 11 is 1.62. The molecule has 18 heavy (non-hydrogen) atoms. The lowest BCUT2D eigenvalue weighted by Crippen LogP contribution is -2.31. The molecule has 1 saturated heterocycles. The summed E-state index contributed by atoms with van der Waals surface area (Å²) in [5, 5.41) is 17.2. The predicted molar refractivity (Wildman–Crippen MR) is 68.1 cm³/mol. The van der Waals surface area contributed by atoms with E-state index < -0.39 is 0 Å². The molecule has 0 spiro atoms. The molecule has 96 valence electrons. The number of hydrogen-bond donors (Lipinski definition) is 1. The van der Waals surface area contributed by atoms with E-state index in [2.05, 4.69) is 15.0 Å². The highest BCUT2D eigenvalue weighted by Crippen LogP contribution is 2.22. The molecule has 0 bridgehead atoms. The van der Waals surface area contributed by atoms with Gasteiger partial charge in [-0.3, -0.25) is 4.90 Å². The lowest BCUT2D eigenvalue weighted by molar-refractivity contribution is 0.141. The number of thiophene rings is 1. The Morgan fingerprint density at radius 1 is 1.56 bits per heavy atom. The fourth-order valence-corrected chi connectivity index (χ4v) is 2.95. The molecule has 2 aromatic heterocycles. The molecule has 1 aliphatic heterocycles. The maximum absolute atomic E-state index is 9.26. The SMILES string of the molecule is OCC1CCCN1Cc1nc(-c2ccsc2)no1. The van der Waals surface area contributed by atoms with Gasteiger partial charge in [-0.25, -0.2) is 0 Å². The maximum Gasteiger partial charge on any atom is 0.241 e. The Morgan fingerprint density at radius 3 is 3.28 bits per heavy atom. The summed E-state index contributed by atoms with van der Waals surface area (Å²) in [5.74, 6) is 1.27. The van der Waals surface area contributed by atoms with E-state index in [0.717, 1.165) is 24.9 Å². The van der Waals surface area contributed by atoms with Crippen LogP contribution in [0.25, 0.3) is 11.4 Å². The van der Waals surface area contributed by atoms with Crippen LogP contribution in [0, 0.1) is 0 Å². The van der Waals surface area contributed by atoms with Gasteiger partial charge in [-0.1, -0.05) is 5.16 Å². The highest BCUT2D eigenvalue weighted by atomic mass is 32.1. The molecule has 6 heteroatoms. The van der Waals surface area contributed by atoms with Gasteiger partial charge in [0.05, 0.1) is 13.2 Å². The second-order valence-corrected chi connectivity index (χ2v) is 5.25. The quantitative estimate of drug-likeness (QED) is 0.912. The molecular formula is C12H15N3O2S. The maximum atomic E-state index is 9.26. The number of aliphatic hydroxyl groups is 1. The van der Waals surface area contributed by atoms with Crippen molar-refractivity contribution in [2.75, 3.05) is 13.2 Å². The zero-order valence-corrected chi connectivity index (χ0v) is 10.8. The monoisotopic (exact) mass is 265 g/mol. The van der Waals surface area contributed by atoms with Crippen LogP contribution >= 0.6 is 11.3 Å². The topological polar surface area (TPSA) is 62.4 Å². The molecule has 5 nitrogen and oxygen atoms in total. The molecule has 3 heterocycles. The average Bonchev–Trinajstić information content (AvgIpc) is 3.10. The van der Waals surface area contributed by atoms with Crippen LogP contribution in [0.5, 0.6) is 0 Å². The van der Waals surface area contributed by atoms with Crippen molar-refractivity contribution in [1.82, 2.24) is 15.0 Å². The zero-order valence-electron chi connectivity index (χ0n) is 9.95. The lowest BCUT2D eigenvalue weighted by atomic mass is 10.2. The van der Waals surface area contributed by atoms with Crippen LogP contribution in [0.1, 0.15) is 18.7 Å². The second-order valence-electron chi connectivity index (χ2n) is 4.47. The predicted octanol–water partition coefficient (Wildman–Crippen LogP) is 1.75. The van der Waals surface area contributed by atoms with Crippen LogP contribution in [0.4, 0.5) is 0 Å². The minimum absolute atomic E-state index is 0.200. The summed E-state index contributed by atoms with van der Waals surface area (Å²) in [6.45, 7) is 1.81. The highest BCUT2D eigenvalue weighted by molar-refractivity contribution is 7.08. The first-order chi connectivity index (χ1) is 8.86. The van der Waals surface area contributed by atoms with Gasteiger partial charge >= 0.3 is 0 Å². The van der Waals surface area contributed by atoms with Crippen LogP contribution in [0.3, 0.4) is 0 Å². The number of rotatable bonds is 4. The second kappa shape index (κ2) is 5.17. The van der Waals surface area contributed by atoms with Gasteiger partial charge in [0.25, 0.3) is 0 Å². The molecule has 1 aliphatic rings. The van der Waals surface area contributed by atoms with E-state index in [1.165, 1.54) is 0 Å². The molecule has 1 unspecified atom stereocenters. The van der Waals surface area contributed by atoms with E-state index in [1.54, 1.807) is 11.3 Å². The fourth-order valence-electron chi connectivity index (χ4n) is 2.31. The Kier molecular flexibility index (Phi) is 3.40. The van der Waals surface area contributed by atoms with E-state index in [1.807, 2.05) is 16.8 Å². The van der Waals surface area contributed by atoms with Gasteiger partial charge < -0.3 is 9.63 Å². The van der Waals surface area contributed by atoms with Crippen molar-refractivity contribution >= 4 is 11.3 Å². The first-order valence-corrected chi connectivity index (χ1v) is 7.01. The summed E-state index contributed by atoms with van der Waals surface area (Å²) in [6.07, 6.45) is 2.17. The first kappa shape index (κ1) is 11.8. The first-order valence-electron chi connectivity index (χ1n) is 6.07. The average molecular weight is 265 g/mol. The molecule has 0 aliphatic carbocycles. The zero-order chi connectivity index (χ0) is 12.4. The molecule has 0 saturated carbocycles. The number of nitrogens with zero attached hydrogens (tertiary/aromatic N) is 3. The highest BCUT2D eigenvalue weighted by Gasteiger charge is 2.25.